The van der Waals surface area contributed by atoms with Gasteiger partial charge in [0.05, 0.1) is 11.8 Å². The lowest BCUT2D eigenvalue weighted by Gasteiger charge is -2.13. The Kier molecular flexibility index (Phi) is 3.89. The standard InChI is InChI=1S/C14H14FNO2/c1-10(17)13-6-5-11(15)8-14(13)18-9-12-4-2-3-7-16-12/h2-8,10,17H,9H2,1H3/t10-/m0/s1. The topological polar surface area (TPSA) is 42.4 Å². The molecule has 2 aromatic rings. The van der Waals surface area contributed by atoms with Crippen LogP contribution in [0.25, 0.3) is 0 Å². The highest BCUT2D eigenvalue weighted by molar-refractivity contribution is 5.35. The molecule has 0 spiro atoms. The average molecular weight is 247 g/mol. The van der Waals surface area contributed by atoms with E-state index >= 15 is 0 Å². The number of pyridine rings is 1. The van der Waals surface area contributed by atoms with E-state index in [0.717, 1.165) is 5.69 Å². The summed E-state index contributed by atoms with van der Waals surface area (Å²) in [6, 6.07) is 9.58. The summed E-state index contributed by atoms with van der Waals surface area (Å²) in [5, 5.41) is 9.57. The van der Waals surface area contributed by atoms with Crippen molar-refractivity contribution < 1.29 is 14.2 Å². The van der Waals surface area contributed by atoms with E-state index in [-0.39, 0.29) is 6.61 Å². The van der Waals surface area contributed by atoms with Crippen LogP contribution < -0.4 is 4.74 Å². The summed E-state index contributed by atoms with van der Waals surface area (Å²) < 4.78 is 18.7. The van der Waals surface area contributed by atoms with Gasteiger partial charge in [0.15, 0.2) is 0 Å². The first-order chi connectivity index (χ1) is 8.66. The minimum absolute atomic E-state index is 0.240. The van der Waals surface area contributed by atoms with Crippen LogP contribution in [0.2, 0.25) is 0 Å². The van der Waals surface area contributed by atoms with Crippen molar-refractivity contribution in [2.75, 3.05) is 0 Å². The number of rotatable bonds is 4. The van der Waals surface area contributed by atoms with Crippen LogP contribution in [0.5, 0.6) is 5.75 Å². The molecule has 1 aromatic carbocycles. The average Bonchev–Trinajstić information content (AvgIpc) is 2.37. The molecule has 1 atom stereocenters. The summed E-state index contributed by atoms with van der Waals surface area (Å²) in [4.78, 5) is 4.11. The molecule has 0 unspecified atom stereocenters. The predicted molar refractivity (Wildman–Crippen MR) is 65.6 cm³/mol. The normalized spacial score (nSPS) is 12.2. The maximum Gasteiger partial charge on any atom is 0.130 e. The van der Waals surface area contributed by atoms with E-state index in [0.29, 0.717) is 11.3 Å². The molecule has 0 saturated carbocycles. The highest BCUT2D eigenvalue weighted by Gasteiger charge is 2.10. The Balaban J connectivity index is 2.15. The lowest BCUT2D eigenvalue weighted by molar-refractivity contribution is 0.189. The molecule has 0 radical (unpaired) electrons. The van der Waals surface area contributed by atoms with Gasteiger partial charge >= 0.3 is 0 Å². The molecule has 94 valence electrons. The maximum absolute atomic E-state index is 13.2. The number of aromatic nitrogens is 1. The Bertz CT molecular complexity index is 514. The maximum atomic E-state index is 13.2. The Morgan fingerprint density at radius 2 is 2.17 bits per heavy atom. The number of hydrogen-bond donors (Lipinski definition) is 1. The highest BCUT2D eigenvalue weighted by Crippen LogP contribution is 2.26. The van der Waals surface area contributed by atoms with Crippen LogP contribution in [0.3, 0.4) is 0 Å². The molecule has 0 amide bonds. The fourth-order valence-corrected chi connectivity index (χ4v) is 1.61. The number of nitrogens with zero attached hydrogens (tertiary/aromatic N) is 1. The van der Waals surface area contributed by atoms with Crippen molar-refractivity contribution in [2.24, 2.45) is 0 Å². The first-order valence-electron chi connectivity index (χ1n) is 5.67. The van der Waals surface area contributed by atoms with Crippen LogP contribution >= 0.6 is 0 Å². The molecular formula is C14H14FNO2. The van der Waals surface area contributed by atoms with E-state index in [1.54, 1.807) is 13.1 Å². The van der Waals surface area contributed by atoms with Crippen molar-refractivity contribution in [1.82, 2.24) is 4.98 Å². The second-order valence-electron chi connectivity index (χ2n) is 3.97. The number of halogens is 1. The van der Waals surface area contributed by atoms with Crippen molar-refractivity contribution in [2.45, 2.75) is 19.6 Å². The number of aliphatic hydroxyl groups excluding tert-OH is 1. The fraction of sp³-hybridized carbons (Fsp3) is 0.214. The van der Waals surface area contributed by atoms with Crippen LogP contribution in [-0.4, -0.2) is 10.1 Å². The Morgan fingerprint density at radius 1 is 1.33 bits per heavy atom. The third-order valence-corrected chi connectivity index (χ3v) is 2.53. The van der Waals surface area contributed by atoms with Crippen LogP contribution in [0, 0.1) is 5.82 Å². The minimum Gasteiger partial charge on any atom is -0.487 e. The second-order valence-corrected chi connectivity index (χ2v) is 3.97. The van der Waals surface area contributed by atoms with Crippen molar-refractivity contribution >= 4 is 0 Å². The molecule has 0 fully saturated rings. The summed E-state index contributed by atoms with van der Waals surface area (Å²) in [6.45, 7) is 1.85. The molecule has 0 aliphatic heterocycles. The third-order valence-electron chi connectivity index (χ3n) is 2.53. The van der Waals surface area contributed by atoms with Crippen LogP contribution in [0.1, 0.15) is 24.3 Å². The Morgan fingerprint density at radius 3 is 2.83 bits per heavy atom. The van der Waals surface area contributed by atoms with Gasteiger partial charge in [0.2, 0.25) is 0 Å². The van der Waals surface area contributed by atoms with Gasteiger partial charge in [-0.15, -0.1) is 0 Å². The Hall–Kier alpha value is -1.94. The van der Waals surface area contributed by atoms with E-state index in [1.165, 1.54) is 18.2 Å². The first kappa shape index (κ1) is 12.5. The van der Waals surface area contributed by atoms with Crippen molar-refractivity contribution in [3.8, 4) is 5.75 Å². The van der Waals surface area contributed by atoms with Gasteiger partial charge in [0.1, 0.15) is 18.2 Å². The monoisotopic (exact) mass is 247 g/mol. The van der Waals surface area contributed by atoms with E-state index < -0.39 is 11.9 Å². The minimum atomic E-state index is -0.704. The van der Waals surface area contributed by atoms with Gasteiger partial charge in [-0.25, -0.2) is 4.39 Å². The largest absolute Gasteiger partial charge is 0.487 e. The second kappa shape index (κ2) is 5.60. The van der Waals surface area contributed by atoms with Crippen molar-refractivity contribution in [3.05, 3.63) is 59.7 Å². The zero-order valence-corrected chi connectivity index (χ0v) is 10.0. The fourth-order valence-electron chi connectivity index (χ4n) is 1.61. The van der Waals surface area contributed by atoms with Gasteiger partial charge in [0, 0.05) is 17.8 Å². The lowest BCUT2D eigenvalue weighted by Crippen LogP contribution is -2.02. The van der Waals surface area contributed by atoms with Crippen LogP contribution in [0.4, 0.5) is 4.39 Å². The molecule has 3 nitrogen and oxygen atoms in total. The zero-order chi connectivity index (χ0) is 13.0. The SMILES string of the molecule is C[C@H](O)c1ccc(F)cc1OCc1ccccn1. The molecule has 0 aliphatic rings. The molecule has 1 aromatic heterocycles. The summed E-state index contributed by atoms with van der Waals surface area (Å²) >= 11 is 0. The van der Waals surface area contributed by atoms with Gasteiger partial charge in [-0.2, -0.15) is 0 Å². The molecule has 0 bridgehead atoms. The van der Waals surface area contributed by atoms with E-state index in [2.05, 4.69) is 4.98 Å². The van der Waals surface area contributed by atoms with E-state index in [4.69, 9.17) is 4.74 Å². The van der Waals surface area contributed by atoms with Gasteiger partial charge in [-0.05, 0) is 31.2 Å². The molecule has 2 rings (SSSR count). The van der Waals surface area contributed by atoms with Gasteiger partial charge in [-0.3, -0.25) is 4.98 Å². The van der Waals surface area contributed by atoms with Crippen molar-refractivity contribution in [1.29, 1.82) is 0 Å². The Labute approximate surface area is 105 Å². The number of hydrogen-bond acceptors (Lipinski definition) is 3. The molecule has 0 aliphatic carbocycles. The molecule has 1 heterocycles. The lowest BCUT2D eigenvalue weighted by atomic mass is 10.1. The highest BCUT2D eigenvalue weighted by atomic mass is 19.1. The van der Waals surface area contributed by atoms with Crippen molar-refractivity contribution in [3.63, 3.8) is 0 Å². The quantitative estimate of drug-likeness (QED) is 0.903. The number of ether oxygens (including phenoxy) is 1. The van der Waals surface area contributed by atoms with Crippen LogP contribution in [-0.2, 0) is 6.61 Å². The molecule has 1 N–H and O–H groups in total. The molecule has 4 heteroatoms. The summed E-state index contributed by atoms with van der Waals surface area (Å²) in [5.74, 6) is -0.0499. The summed E-state index contributed by atoms with van der Waals surface area (Å²) in [7, 11) is 0. The zero-order valence-electron chi connectivity index (χ0n) is 10.0. The summed E-state index contributed by atoms with van der Waals surface area (Å²) in [6.07, 6.45) is 0.962. The smallest absolute Gasteiger partial charge is 0.130 e. The molecular weight excluding hydrogens is 233 g/mol. The number of benzene rings is 1. The predicted octanol–water partition coefficient (Wildman–Crippen LogP) is 2.85. The van der Waals surface area contributed by atoms with E-state index in [1.807, 2.05) is 18.2 Å². The van der Waals surface area contributed by atoms with Gasteiger partial charge < -0.3 is 9.84 Å². The van der Waals surface area contributed by atoms with E-state index in [9.17, 15) is 9.50 Å². The number of aliphatic hydroxyl groups is 1. The van der Waals surface area contributed by atoms with Gasteiger partial charge in [-0.1, -0.05) is 6.07 Å². The third kappa shape index (κ3) is 3.05. The molecule has 0 saturated heterocycles. The first-order valence-corrected chi connectivity index (χ1v) is 5.67. The summed E-state index contributed by atoms with van der Waals surface area (Å²) in [5.41, 5.74) is 1.31. The van der Waals surface area contributed by atoms with Crippen LogP contribution in [0.15, 0.2) is 42.6 Å². The molecule has 18 heavy (non-hydrogen) atoms. The van der Waals surface area contributed by atoms with Gasteiger partial charge in [0.25, 0.3) is 0 Å².